The highest BCUT2D eigenvalue weighted by atomic mass is 16.5. The molecular weight excluding hydrogens is 304 g/mol. The second kappa shape index (κ2) is 7.64. The first-order valence-electron chi connectivity index (χ1n) is 7.69. The largest absolute Gasteiger partial charge is 0.507 e. The maximum absolute atomic E-state index is 11.8. The summed E-state index contributed by atoms with van der Waals surface area (Å²) in [7, 11) is 0. The Morgan fingerprint density at radius 1 is 1.08 bits per heavy atom. The standard InChI is InChI=1S/C19H22N2O3/c1-12-5-6-17(9-13(12)2)24-11-18(22)21-20-10-16-7-14(3)19(23)15(4)8-16/h5-10,23H,11H2,1-4H3,(H,21,22)/b20-10+. The number of aromatic hydroxyl groups is 1. The molecule has 5 heteroatoms. The van der Waals surface area contributed by atoms with Crippen LogP contribution in [-0.4, -0.2) is 23.8 Å². The molecule has 0 saturated heterocycles. The molecule has 0 unspecified atom stereocenters. The van der Waals surface area contributed by atoms with Crippen LogP contribution in [0.15, 0.2) is 35.4 Å². The molecule has 0 aromatic heterocycles. The van der Waals surface area contributed by atoms with Crippen molar-refractivity contribution in [3.63, 3.8) is 0 Å². The van der Waals surface area contributed by atoms with Crippen molar-refractivity contribution in [3.05, 3.63) is 58.1 Å². The molecule has 0 aliphatic carbocycles. The number of carbonyl (C=O) groups excluding carboxylic acids is 1. The molecule has 2 N–H and O–H groups in total. The highest BCUT2D eigenvalue weighted by Crippen LogP contribution is 2.22. The number of phenolic OH excluding ortho intramolecular Hbond substituents is 1. The number of hydrogen-bond acceptors (Lipinski definition) is 4. The lowest BCUT2D eigenvalue weighted by Gasteiger charge is -2.07. The summed E-state index contributed by atoms with van der Waals surface area (Å²) in [6, 6.07) is 9.28. The average molecular weight is 326 g/mol. The van der Waals surface area contributed by atoms with Gasteiger partial charge in [0.05, 0.1) is 6.21 Å². The van der Waals surface area contributed by atoms with Gasteiger partial charge in [-0.1, -0.05) is 6.07 Å². The lowest BCUT2D eigenvalue weighted by atomic mass is 10.1. The van der Waals surface area contributed by atoms with E-state index in [-0.39, 0.29) is 18.3 Å². The Morgan fingerprint density at radius 2 is 1.75 bits per heavy atom. The van der Waals surface area contributed by atoms with Crippen molar-refractivity contribution >= 4 is 12.1 Å². The fourth-order valence-electron chi connectivity index (χ4n) is 2.23. The average Bonchev–Trinajstić information content (AvgIpc) is 2.53. The molecule has 0 atom stereocenters. The predicted molar refractivity (Wildman–Crippen MR) is 94.7 cm³/mol. The second-order valence-corrected chi connectivity index (χ2v) is 5.83. The van der Waals surface area contributed by atoms with Crippen LogP contribution >= 0.6 is 0 Å². The van der Waals surface area contributed by atoms with Crippen LogP contribution in [0.5, 0.6) is 11.5 Å². The van der Waals surface area contributed by atoms with E-state index in [1.165, 1.54) is 11.8 Å². The molecule has 0 spiro atoms. The number of nitrogens with zero attached hydrogens (tertiary/aromatic N) is 1. The highest BCUT2D eigenvalue weighted by Gasteiger charge is 2.04. The van der Waals surface area contributed by atoms with Gasteiger partial charge in [-0.2, -0.15) is 5.10 Å². The first kappa shape index (κ1) is 17.5. The van der Waals surface area contributed by atoms with Crippen molar-refractivity contribution in [3.8, 4) is 11.5 Å². The highest BCUT2D eigenvalue weighted by molar-refractivity contribution is 5.83. The van der Waals surface area contributed by atoms with Crippen molar-refractivity contribution in [1.82, 2.24) is 5.43 Å². The fourth-order valence-corrected chi connectivity index (χ4v) is 2.23. The Kier molecular flexibility index (Phi) is 5.58. The summed E-state index contributed by atoms with van der Waals surface area (Å²) in [5.74, 6) is 0.594. The minimum absolute atomic E-state index is 0.104. The van der Waals surface area contributed by atoms with Gasteiger partial charge in [0, 0.05) is 0 Å². The van der Waals surface area contributed by atoms with Crippen molar-refractivity contribution in [1.29, 1.82) is 0 Å². The molecule has 24 heavy (non-hydrogen) atoms. The molecule has 126 valence electrons. The van der Waals surface area contributed by atoms with Gasteiger partial charge in [0.1, 0.15) is 11.5 Å². The van der Waals surface area contributed by atoms with Crippen LogP contribution in [0.25, 0.3) is 0 Å². The summed E-state index contributed by atoms with van der Waals surface area (Å²) < 4.78 is 5.44. The summed E-state index contributed by atoms with van der Waals surface area (Å²) in [5, 5.41) is 13.6. The van der Waals surface area contributed by atoms with E-state index < -0.39 is 0 Å². The normalized spacial score (nSPS) is 10.8. The maximum atomic E-state index is 11.8. The fraction of sp³-hybridized carbons (Fsp3) is 0.263. The van der Waals surface area contributed by atoms with Crippen LogP contribution in [0.3, 0.4) is 0 Å². The smallest absolute Gasteiger partial charge is 0.277 e. The van der Waals surface area contributed by atoms with Crippen molar-refractivity contribution in [2.45, 2.75) is 27.7 Å². The minimum Gasteiger partial charge on any atom is -0.507 e. The van der Waals surface area contributed by atoms with E-state index in [2.05, 4.69) is 10.5 Å². The van der Waals surface area contributed by atoms with Crippen molar-refractivity contribution in [2.24, 2.45) is 5.10 Å². The van der Waals surface area contributed by atoms with Gasteiger partial charge in [-0.3, -0.25) is 4.79 Å². The maximum Gasteiger partial charge on any atom is 0.277 e. The molecule has 0 heterocycles. The van der Waals surface area contributed by atoms with Crippen LogP contribution in [-0.2, 0) is 4.79 Å². The van der Waals surface area contributed by atoms with Gasteiger partial charge in [0.15, 0.2) is 6.61 Å². The number of phenols is 1. The molecule has 0 saturated carbocycles. The monoisotopic (exact) mass is 326 g/mol. The van der Waals surface area contributed by atoms with Crippen LogP contribution in [0.1, 0.15) is 27.8 Å². The second-order valence-electron chi connectivity index (χ2n) is 5.83. The van der Waals surface area contributed by atoms with Gasteiger partial charge in [-0.15, -0.1) is 0 Å². The number of ether oxygens (including phenoxy) is 1. The molecule has 0 fully saturated rings. The van der Waals surface area contributed by atoms with E-state index in [4.69, 9.17) is 4.74 Å². The zero-order valence-electron chi connectivity index (χ0n) is 14.4. The molecule has 5 nitrogen and oxygen atoms in total. The molecule has 0 aliphatic heterocycles. The van der Waals surface area contributed by atoms with Crippen molar-refractivity contribution in [2.75, 3.05) is 6.61 Å². The van der Waals surface area contributed by atoms with Gasteiger partial charge in [-0.05, 0) is 79.8 Å². The molecule has 1 amide bonds. The van der Waals surface area contributed by atoms with Crippen LogP contribution in [0, 0.1) is 27.7 Å². The Labute approximate surface area is 142 Å². The van der Waals surface area contributed by atoms with Crippen molar-refractivity contribution < 1.29 is 14.6 Å². The predicted octanol–water partition coefficient (Wildman–Crippen LogP) is 3.15. The molecule has 0 radical (unpaired) electrons. The third-order valence-electron chi connectivity index (χ3n) is 3.76. The Bertz CT molecular complexity index is 759. The quantitative estimate of drug-likeness (QED) is 0.655. The number of nitrogens with one attached hydrogen (secondary N) is 1. The number of benzene rings is 2. The van der Waals surface area contributed by atoms with Crippen LogP contribution in [0.2, 0.25) is 0 Å². The van der Waals surface area contributed by atoms with E-state index in [0.717, 1.165) is 22.3 Å². The first-order valence-corrected chi connectivity index (χ1v) is 7.69. The lowest BCUT2D eigenvalue weighted by Crippen LogP contribution is -2.24. The molecule has 2 aromatic rings. The van der Waals surface area contributed by atoms with Gasteiger partial charge >= 0.3 is 0 Å². The van der Waals surface area contributed by atoms with E-state index in [9.17, 15) is 9.90 Å². The Hall–Kier alpha value is -2.82. The summed E-state index contributed by atoms with van der Waals surface area (Å²) in [6.45, 7) is 7.54. The number of rotatable bonds is 5. The van der Waals surface area contributed by atoms with E-state index in [0.29, 0.717) is 5.75 Å². The SMILES string of the molecule is Cc1ccc(OCC(=O)N/N=C/c2cc(C)c(O)c(C)c2)cc1C. The summed E-state index contributed by atoms with van der Waals surface area (Å²) in [5.41, 5.74) is 7.05. The van der Waals surface area contributed by atoms with Gasteiger partial charge in [-0.25, -0.2) is 5.43 Å². The third kappa shape index (κ3) is 4.59. The topological polar surface area (TPSA) is 70.9 Å². The minimum atomic E-state index is -0.336. The molecule has 0 bridgehead atoms. The van der Waals surface area contributed by atoms with Gasteiger partial charge in [0.2, 0.25) is 0 Å². The third-order valence-corrected chi connectivity index (χ3v) is 3.76. The number of hydrogen-bond donors (Lipinski definition) is 2. The zero-order chi connectivity index (χ0) is 17.7. The summed E-state index contributed by atoms with van der Waals surface area (Å²) in [6.07, 6.45) is 1.54. The Morgan fingerprint density at radius 3 is 2.38 bits per heavy atom. The summed E-state index contributed by atoms with van der Waals surface area (Å²) >= 11 is 0. The number of hydrazone groups is 1. The van der Waals surface area contributed by atoms with Gasteiger partial charge < -0.3 is 9.84 Å². The molecular formula is C19H22N2O3. The molecule has 2 rings (SSSR count). The van der Waals surface area contributed by atoms with E-state index in [1.807, 2.05) is 45.9 Å². The molecule has 0 aliphatic rings. The van der Waals surface area contributed by atoms with Crippen LogP contribution < -0.4 is 10.2 Å². The Balaban J connectivity index is 1.87. The van der Waals surface area contributed by atoms with Crippen LogP contribution in [0.4, 0.5) is 0 Å². The van der Waals surface area contributed by atoms with E-state index in [1.54, 1.807) is 12.1 Å². The van der Waals surface area contributed by atoms with Gasteiger partial charge in [0.25, 0.3) is 5.91 Å². The number of carbonyl (C=O) groups is 1. The number of amides is 1. The van der Waals surface area contributed by atoms with E-state index >= 15 is 0 Å². The summed E-state index contributed by atoms with van der Waals surface area (Å²) in [4.78, 5) is 11.8. The lowest BCUT2D eigenvalue weighted by molar-refractivity contribution is -0.123. The molecule has 2 aromatic carbocycles. The number of aryl methyl sites for hydroxylation is 4. The zero-order valence-corrected chi connectivity index (χ0v) is 14.4. The first-order chi connectivity index (χ1) is 11.4.